The third kappa shape index (κ3) is 3.47. The van der Waals surface area contributed by atoms with Crippen LogP contribution in [0.25, 0.3) is 0 Å². The van der Waals surface area contributed by atoms with Crippen molar-refractivity contribution < 1.29 is 9.53 Å². The summed E-state index contributed by atoms with van der Waals surface area (Å²) < 4.78 is 4.52. The van der Waals surface area contributed by atoms with E-state index in [0.717, 1.165) is 5.69 Å². The van der Waals surface area contributed by atoms with Crippen molar-refractivity contribution in [2.24, 2.45) is 5.73 Å². The monoisotopic (exact) mass is 239 g/mol. The molecule has 0 aliphatic rings. The highest BCUT2D eigenvalue weighted by molar-refractivity contribution is 7.80. The molecule has 1 rings (SSSR count). The average Bonchev–Trinajstić information content (AvgIpc) is 2.29. The van der Waals surface area contributed by atoms with Gasteiger partial charge in [0.05, 0.1) is 19.2 Å². The van der Waals surface area contributed by atoms with Gasteiger partial charge in [-0.25, -0.2) is 0 Å². The molecule has 0 unspecified atom stereocenters. The third-order valence-corrected chi connectivity index (χ3v) is 2.11. The van der Waals surface area contributed by atoms with E-state index in [0.29, 0.717) is 12.2 Å². The van der Waals surface area contributed by atoms with Crippen LogP contribution in [0.1, 0.15) is 12.1 Å². The van der Waals surface area contributed by atoms with Crippen LogP contribution >= 0.6 is 12.2 Å². The molecule has 0 bridgehead atoms. The predicted octanol–water partition coefficient (Wildman–Crippen LogP) is 0.691. The Morgan fingerprint density at radius 1 is 1.69 bits per heavy atom. The van der Waals surface area contributed by atoms with Crippen LogP contribution in [-0.2, 0) is 9.53 Å². The molecule has 0 radical (unpaired) electrons. The van der Waals surface area contributed by atoms with Crippen molar-refractivity contribution in [1.29, 1.82) is 0 Å². The summed E-state index contributed by atoms with van der Waals surface area (Å²) in [6, 6.07) is 3.57. The first-order valence-electron chi connectivity index (χ1n) is 4.70. The lowest BCUT2D eigenvalue weighted by atomic mass is 10.3. The Morgan fingerprint density at radius 2 is 2.44 bits per heavy atom. The number of pyridine rings is 1. The van der Waals surface area contributed by atoms with Gasteiger partial charge in [0, 0.05) is 12.7 Å². The van der Waals surface area contributed by atoms with Gasteiger partial charge >= 0.3 is 5.97 Å². The van der Waals surface area contributed by atoms with Gasteiger partial charge in [-0.15, -0.1) is 0 Å². The van der Waals surface area contributed by atoms with Gasteiger partial charge in [0.25, 0.3) is 0 Å². The molecule has 0 aliphatic heterocycles. The minimum atomic E-state index is -0.270. The number of ether oxygens (including phenoxy) is 1. The smallest absolute Gasteiger partial charge is 0.307 e. The zero-order valence-corrected chi connectivity index (χ0v) is 9.71. The summed E-state index contributed by atoms with van der Waals surface area (Å²) in [7, 11) is 1.35. The second-order valence-electron chi connectivity index (χ2n) is 3.02. The number of nitrogens with zero attached hydrogens (tertiary/aromatic N) is 1. The molecule has 0 fully saturated rings. The molecule has 86 valence electrons. The summed E-state index contributed by atoms with van der Waals surface area (Å²) in [5.41, 5.74) is 6.76. The molecule has 1 aromatic heterocycles. The molecule has 0 amide bonds. The predicted molar refractivity (Wildman–Crippen MR) is 65.2 cm³/mol. The van der Waals surface area contributed by atoms with Crippen LogP contribution in [0, 0.1) is 0 Å². The zero-order chi connectivity index (χ0) is 12.0. The molecule has 6 heteroatoms. The topological polar surface area (TPSA) is 77.2 Å². The van der Waals surface area contributed by atoms with Crippen LogP contribution < -0.4 is 11.1 Å². The number of esters is 1. The van der Waals surface area contributed by atoms with Gasteiger partial charge in [0.15, 0.2) is 0 Å². The van der Waals surface area contributed by atoms with Crippen LogP contribution in [0.4, 0.5) is 5.69 Å². The van der Waals surface area contributed by atoms with E-state index in [4.69, 9.17) is 18.0 Å². The zero-order valence-electron chi connectivity index (χ0n) is 8.90. The van der Waals surface area contributed by atoms with Crippen molar-refractivity contribution >= 4 is 28.9 Å². The normalized spacial score (nSPS) is 9.56. The number of hydrogen-bond donors (Lipinski definition) is 2. The first-order chi connectivity index (χ1) is 7.65. The summed E-state index contributed by atoms with van der Waals surface area (Å²) in [6.07, 6.45) is 1.89. The molecule has 3 N–H and O–H groups in total. The number of aromatic nitrogens is 1. The summed E-state index contributed by atoms with van der Waals surface area (Å²) in [5.74, 6) is -0.270. The van der Waals surface area contributed by atoms with Crippen LogP contribution in [0.5, 0.6) is 0 Å². The number of carbonyl (C=O) groups excluding carboxylic acids is 1. The summed E-state index contributed by atoms with van der Waals surface area (Å²) in [4.78, 5) is 15.2. The van der Waals surface area contributed by atoms with Gasteiger partial charge in [0.2, 0.25) is 0 Å². The largest absolute Gasteiger partial charge is 0.469 e. The van der Waals surface area contributed by atoms with Crippen LogP contribution in [0.15, 0.2) is 18.3 Å². The van der Waals surface area contributed by atoms with Crippen molar-refractivity contribution in [3.05, 3.63) is 24.0 Å². The molecular formula is C10H13N3O2S. The van der Waals surface area contributed by atoms with Crippen molar-refractivity contribution in [2.75, 3.05) is 19.0 Å². The number of methoxy groups -OCH3 is 1. The Balaban J connectivity index is 2.60. The van der Waals surface area contributed by atoms with Gasteiger partial charge in [-0.05, 0) is 12.1 Å². The van der Waals surface area contributed by atoms with Crippen LogP contribution in [0.2, 0.25) is 0 Å². The molecule has 0 aliphatic carbocycles. The highest BCUT2D eigenvalue weighted by atomic mass is 32.1. The number of carbonyl (C=O) groups is 1. The van der Waals surface area contributed by atoms with E-state index in [-0.39, 0.29) is 17.4 Å². The molecular weight excluding hydrogens is 226 g/mol. The first-order valence-corrected chi connectivity index (χ1v) is 5.11. The number of hydrogen-bond acceptors (Lipinski definition) is 5. The fourth-order valence-corrected chi connectivity index (χ4v) is 1.31. The van der Waals surface area contributed by atoms with Crippen molar-refractivity contribution in [3.63, 3.8) is 0 Å². The van der Waals surface area contributed by atoms with Crippen LogP contribution in [-0.4, -0.2) is 29.6 Å². The Bertz CT molecular complexity index is 395. The van der Waals surface area contributed by atoms with E-state index in [1.54, 1.807) is 18.3 Å². The minimum Gasteiger partial charge on any atom is -0.469 e. The Hall–Kier alpha value is -1.69. The second kappa shape index (κ2) is 6.02. The first kappa shape index (κ1) is 12.4. The summed E-state index contributed by atoms with van der Waals surface area (Å²) >= 11 is 4.86. The van der Waals surface area contributed by atoms with Crippen LogP contribution in [0.3, 0.4) is 0 Å². The number of thiocarbonyl (C=S) groups is 1. The third-order valence-electron chi connectivity index (χ3n) is 1.91. The summed E-state index contributed by atoms with van der Waals surface area (Å²) in [6.45, 7) is 0.452. The van der Waals surface area contributed by atoms with Gasteiger partial charge in [-0.2, -0.15) is 0 Å². The summed E-state index contributed by atoms with van der Waals surface area (Å²) in [5, 5.41) is 3.03. The molecule has 5 nitrogen and oxygen atoms in total. The van der Waals surface area contributed by atoms with Gasteiger partial charge in [-0.3, -0.25) is 9.78 Å². The molecule has 1 heterocycles. The lowest BCUT2D eigenvalue weighted by Gasteiger charge is -2.09. The molecule has 0 atom stereocenters. The number of rotatable bonds is 5. The maximum atomic E-state index is 10.9. The van der Waals surface area contributed by atoms with Crippen molar-refractivity contribution in [1.82, 2.24) is 4.98 Å². The Morgan fingerprint density at radius 3 is 3.06 bits per heavy atom. The second-order valence-corrected chi connectivity index (χ2v) is 3.46. The van der Waals surface area contributed by atoms with Gasteiger partial charge in [0.1, 0.15) is 10.7 Å². The molecule has 16 heavy (non-hydrogen) atoms. The van der Waals surface area contributed by atoms with Crippen molar-refractivity contribution in [3.8, 4) is 0 Å². The van der Waals surface area contributed by atoms with Crippen molar-refractivity contribution in [2.45, 2.75) is 6.42 Å². The Kier molecular flexibility index (Phi) is 4.65. The maximum absolute atomic E-state index is 10.9. The lowest BCUT2D eigenvalue weighted by molar-refractivity contribution is -0.140. The molecule has 1 aromatic rings. The fraction of sp³-hybridized carbons (Fsp3) is 0.300. The number of nitrogens with two attached hydrogens (primary N) is 1. The number of anilines is 1. The van der Waals surface area contributed by atoms with Gasteiger partial charge in [-0.1, -0.05) is 12.2 Å². The van der Waals surface area contributed by atoms with E-state index in [1.165, 1.54) is 7.11 Å². The van der Waals surface area contributed by atoms with E-state index in [9.17, 15) is 4.79 Å². The SMILES string of the molecule is COC(=O)CCNc1cccnc1C(N)=S. The highest BCUT2D eigenvalue weighted by Crippen LogP contribution is 2.11. The quantitative estimate of drug-likeness (QED) is 0.581. The molecule has 0 aromatic carbocycles. The lowest BCUT2D eigenvalue weighted by Crippen LogP contribution is -2.16. The fourth-order valence-electron chi connectivity index (χ4n) is 1.15. The average molecular weight is 239 g/mol. The molecule has 0 spiro atoms. The molecule has 0 saturated heterocycles. The van der Waals surface area contributed by atoms with E-state index < -0.39 is 0 Å². The van der Waals surface area contributed by atoms with E-state index in [1.807, 2.05) is 0 Å². The van der Waals surface area contributed by atoms with Gasteiger partial charge < -0.3 is 15.8 Å². The number of nitrogens with one attached hydrogen (secondary N) is 1. The Labute approximate surface area is 99.0 Å². The minimum absolute atomic E-state index is 0.223. The highest BCUT2D eigenvalue weighted by Gasteiger charge is 2.06. The van der Waals surface area contributed by atoms with E-state index in [2.05, 4.69) is 15.0 Å². The van der Waals surface area contributed by atoms with E-state index >= 15 is 0 Å². The maximum Gasteiger partial charge on any atom is 0.307 e. The standard InChI is InChI=1S/C10H13N3O2S/c1-15-8(14)4-6-12-7-3-2-5-13-9(7)10(11)16/h2-3,5,12H,4,6H2,1H3,(H2,11,16). The molecule has 0 saturated carbocycles.